The summed E-state index contributed by atoms with van der Waals surface area (Å²) in [6, 6.07) is 16.1. The number of carbonyl (C=O) groups is 2. The van der Waals surface area contributed by atoms with Gasteiger partial charge in [0.1, 0.15) is 17.4 Å². The van der Waals surface area contributed by atoms with Crippen LogP contribution in [-0.2, 0) is 0 Å². The van der Waals surface area contributed by atoms with Gasteiger partial charge in [-0.2, -0.15) is 0 Å². The van der Waals surface area contributed by atoms with Gasteiger partial charge >= 0.3 is 0 Å². The lowest BCUT2D eigenvalue weighted by atomic mass is 9.97. The van der Waals surface area contributed by atoms with Crippen LogP contribution in [0.15, 0.2) is 63.5 Å². The van der Waals surface area contributed by atoms with Crippen LogP contribution in [0.2, 0.25) is 0 Å². The van der Waals surface area contributed by atoms with E-state index >= 15 is 0 Å². The molecule has 5 rings (SSSR count). The first kappa shape index (κ1) is 17.5. The van der Waals surface area contributed by atoms with Crippen LogP contribution in [0.4, 0.5) is 0 Å². The molecule has 1 heterocycles. The molecular formula is C22H11Br2NO3. The molecule has 0 bridgehead atoms. The summed E-state index contributed by atoms with van der Waals surface area (Å²) in [6.07, 6.45) is 0. The number of aromatic nitrogens is 1. The number of nitrogens with zero attached hydrogens (tertiary/aromatic N) is 1. The van der Waals surface area contributed by atoms with Crippen molar-refractivity contribution in [1.29, 1.82) is 0 Å². The summed E-state index contributed by atoms with van der Waals surface area (Å²) in [6.45, 7) is 0. The SMILES string of the molecule is O=C1c2cc3c(Br)ccc(Br)c3cc2C(=O)C1c1nc2ccccc2cc1O. The average Bonchev–Trinajstić information content (AvgIpc) is 2.93. The van der Waals surface area contributed by atoms with Gasteiger partial charge in [0.15, 0.2) is 11.6 Å². The molecule has 0 unspecified atom stereocenters. The Balaban J connectivity index is 1.73. The molecule has 1 N–H and O–H groups in total. The Bertz CT molecular complexity index is 1290. The van der Waals surface area contributed by atoms with Crippen LogP contribution in [-0.4, -0.2) is 21.7 Å². The maximum atomic E-state index is 13.1. The van der Waals surface area contributed by atoms with E-state index in [1.54, 1.807) is 24.3 Å². The summed E-state index contributed by atoms with van der Waals surface area (Å²) in [5, 5.41) is 12.9. The number of fused-ring (bicyclic) bond motifs is 3. The van der Waals surface area contributed by atoms with Crippen LogP contribution in [0, 0.1) is 0 Å². The molecule has 1 aliphatic rings. The molecule has 3 aromatic carbocycles. The molecule has 1 aliphatic carbocycles. The standard InChI is InChI=1S/C22H11Br2NO3/c23-15-5-6-16(24)12-9-14-13(8-11(12)15)21(27)19(22(14)28)20-18(26)7-10-3-1-2-4-17(10)25-20/h1-9,19,26H. The maximum absolute atomic E-state index is 13.1. The van der Waals surface area contributed by atoms with Crippen molar-refractivity contribution in [3.8, 4) is 5.75 Å². The van der Waals surface area contributed by atoms with E-state index < -0.39 is 5.92 Å². The molecule has 28 heavy (non-hydrogen) atoms. The Labute approximate surface area is 176 Å². The minimum Gasteiger partial charge on any atom is -0.506 e. The zero-order chi connectivity index (χ0) is 19.6. The van der Waals surface area contributed by atoms with E-state index in [4.69, 9.17) is 0 Å². The van der Waals surface area contributed by atoms with Crippen LogP contribution in [0.3, 0.4) is 0 Å². The normalized spacial score (nSPS) is 14.2. The summed E-state index contributed by atoms with van der Waals surface area (Å²) >= 11 is 7.01. The third-order valence-electron chi connectivity index (χ3n) is 5.11. The van der Waals surface area contributed by atoms with E-state index in [0.717, 1.165) is 25.1 Å². The van der Waals surface area contributed by atoms with Gasteiger partial charge in [0.2, 0.25) is 0 Å². The Morgan fingerprint density at radius 1 is 0.821 bits per heavy atom. The van der Waals surface area contributed by atoms with Gasteiger partial charge in [-0.25, -0.2) is 4.98 Å². The lowest BCUT2D eigenvalue weighted by Crippen LogP contribution is -2.14. The highest BCUT2D eigenvalue weighted by molar-refractivity contribution is 9.11. The largest absolute Gasteiger partial charge is 0.506 e. The summed E-state index contributed by atoms with van der Waals surface area (Å²) in [4.78, 5) is 30.7. The molecule has 0 amide bonds. The Morgan fingerprint density at radius 2 is 1.39 bits per heavy atom. The van der Waals surface area contributed by atoms with Crippen LogP contribution in [0.5, 0.6) is 5.75 Å². The summed E-state index contributed by atoms with van der Waals surface area (Å²) in [5.74, 6) is -1.96. The summed E-state index contributed by atoms with van der Waals surface area (Å²) < 4.78 is 1.67. The summed E-state index contributed by atoms with van der Waals surface area (Å²) in [7, 11) is 0. The number of para-hydroxylation sites is 1. The number of aromatic hydroxyl groups is 1. The number of carbonyl (C=O) groups excluding carboxylic acids is 2. The van der Waals surface area contributed by atoms with E-state index in [1.165, 1.54) is 0 Å². The third-order valence-corrected chi connectivity index (χ3v) is 6.49. The van der Waals surface area contributed by atoms with Crippen LogP contribution >= 0.6 is 31.9 Å². The van der Waals surface area contributed by atoms with Gasteiger partial charge in [-0.15, -0.1) is 0 Å². The number of pyridine rings is 1. The highest BCUT2D eigenvalue weighted by Crippen LogP contribution is 2.41. The number of halogens is 2. The van der Waals surface area contributed by atoms with Gasteiger partial charge in [0.25, 0.3) is 0 Å². The second kappa shape index (κ2) is 6.22. The van der Waals surface area contributed by atoms with E-state index in [-0.39, 0.29) is 23.0 Å². The number of rotatable bonds is 1. The third kappa shape index (κ3) is 2.45. The molecule has 4 aromatic rings. The molecule has 0 saturated heterocycles. The number of ketones is 2. The van der Waals surface area contributed by atoms with E-state index in [1.807, 2.05) is 30.3 Å². The monoisotopic (exact) mass is 495 g/mol. The number of hydrogen-bond acceptors (Lipinski definition) is 4. The highest BCUT2D eigenvalue weighted by Gasteiger charge is 2.42. The first-order valence-corrected chi connectivity index (χ1v) is 10.1. The molecule has 0 atom stereocenters. The number of benzene rings is 3. The zero-order valence-electron chi connectivity index (χ0n) is 14.2. The molecule has 6 heteroatoms. The molecule has 136 valence electrons. The molecule has 0 aliphatic heterocycles. The highest BCUT2D eigenvalue weighted by atomic mass is 79.9. The van der Waals surface area contributed by atoms with Gasteiger partial charge in [-0.1, -0.05) is 50.1 Å². The molecule has 0 fully saturated rings. The number of hydrogen-bond donors (Lipinski definition) is 1. The van der Waals surface area contributed by atoms with Crippen molar-refractivity contribution >= 4 is 65.1 Å². The van der Waals surface area contributed by atoms with Crippen molar-refractivity contribution in [3.63, 3.8) is 0 Å². The molecule has 0 radical (unpaired) electrons. The second-order valence-corrected chi connectivity index (χ2v) is 8.43. The van der Waals surface area contributed by atoms with Crippen molar-refractivity contribution in [2.45, 2.75) is 5.92 Å². The topological polar surface area (TPSA) is 67.3 Å². The summed E-state index contributed by atoms with van der Waals surface area (Å²) in [5.41, 5.74) is 1.45. The van der Waals surface area contributed by atoms with Gasteiger partial charge in [-0.3, -0.25) is 9.59 Å². The lowest BCUT2D eigenvalue weighted by molar-refractivity contribution is 0.0886. The van der Waals surface area contributed by atoms with Gasteiger partial charge in [-0.05, 0) is 47.2 Å². The first-order chi connectivity index (χ1) is 13.5. The van der Waals surface area contributed by atoms with Crippen molar-refractivity contribution in [3.05, 3.63) is 80.4 Å². The van der Waals surface area contributed by atoms with Crippen molar-refractivity contribution < 1.29 is 14.7 Å². The fourth-order valence-corrected chi connectivity index (χ4v) is 4.66. The lowest BCUT2D eigenvalue weighted by Gasteiger charge is -2.10. The fraction of sp³-hybridized carbons (Fsp3) is 0.0455. The van der Waals surface area contributed by atoms with E-state index in [9.17, 15) is 14.7 Å². The second-order valence-electron chi connectivity index (χ2n) is 6.72. The molecule has 1 aromatic heterocycles. The minimum atomic E-state index is -1.13. The Hall–Kier alpha value is -2.57. The van der Waals surface area contributed by atoms with Crippen molar-refractivity contribution in [2.24, 2.45) is 0 Å². The van der Waals surface area contributed by atoms with Crippen molar-refractivity contribution in [1.82, 2.24) is 4.98 Å². The van der Waals surface area contributed by atoms with Crippen molar-refractivity contribution in [2.75, 3.05) is 0 Å². The number of Topliss-reactive ketones (excluding diaryl/α,β-unsaturated/α-hetero) is 2. The van der Waals surface area contributed by atoms with E-state index in [0.29, 0.717) is 16.6 Å². The minimum absolute atomic E-state index is 0.104. The maximum Gasteiger partial charge on any atom is 0.180 e. The molecule has 0 saturated carbocycles. The fourth-order valence-electron chi connectivity index (χ4n) is 3.74. The smallest absolute Gasteiger partial charge is 0.180 e. The predicted octanol–water partition coefficient (Wildman–Crippen LogP) is 5.78. The van der Waals surface area contributed by atoms with Gasteiger partial charge in [0.05, 0.1) is 5.52 Å². The van der Waals surface area contributed by atoms with E-state index in [2.05, 4.69) is 36.8 Å². The molecule has 4 nitrogen and oxygen atoms in total. The zero-order valence-corrected chi connectivity index (χ0v) is 17.4. The van der Waals surface area contributed by atoms with Crippen LogP contribution in [0.25, 0.3) is 21.7 Å². The van der Waals surface area contributed by atoms with Crippen LogP contribution < -0.4 is 0 Å². The Morgan fingerprint density at radius 3 is 2.00 bits per heavy atom. The van der Waals surface area contributed by atoms with Gasteiger partial charge in [0, 0.05) is 25.5 Å². The molecular weight excluding hydrogens is 486 g/mol. The van der Waals surface area contributed by atoms with Gasteiger partial charge < -0.3 is 5.11 Å². The van der Waals surface area contributed by atoms with Crippen LogP contribution in [0.1, 0.15) is 32.3 Å². The Kier molecular flexibility index (Phi) is 3.89. The average molecular weight is 497 g/mol. The predicted molar refractivity (Wildman–Crippen MR) is 114 cm³/mol. The first-order valence-electron chi connectivity index (χ1n) is 8.54. The quantitative estimate of drug-likeness (QED) is 0.339. The molecule has 0 spiro atoms.